The highest BCUT2D eigenvalue weighted by atomic mass is 32.2. The van der Waals surface area contributed by atoms with Gasteiger partial charge in [0.2, 0.25) is 15.9 Å². The molecule has 0 spiro atoms. The summed E-state index contributed by atoms with van der Waals surface area (Å²) < 4.78 is 25.9. The number of amides is 2. The van der Waals surface area contributed by atoms with Gasteiger partial charge < -0.3 is 10.6 Å². The van der Waals surface area contributed by atoms with E-state index in [1.54, 1.807) is 24.3 Å². The van der Waals surface area contributed by atoms with E-state index in [-0.39, 0.29) is 10.8 Å². The monoisotopic (exact) mass is 437 g/mol. The molecule has 0 radical (unpaired) electrons. The summed E-state index contributed by atoms with van der Waals surface area (Å²) in [6.07, 6.45) is 0.303. The number of hydrogen-bond donors (Lipinski definition) is 3. The van der Waals surface area contributed by atoms with E-state index in [0.717, 1.165) is 5.56 Å². The van der Waals surface area contributed by atoms with Crippen LogP contribution in [0.5, 0.6) is 0 Å². The molecule has 1 atom stereocenters. The van der Waals surface area contributed by atoms with Gasteiger partial charge in [-0.05, 0) is 49.0 Å². The Morgan fingerprint density at radius 1 is 0.839 bits per heavy atom. The predicted molar refractivity (Wildman–Crippen MR) is 119 cm³/mol. The summed E-state index contributed by atoms with van der Waals surface area (Å²) in [4.78, 5) is 25.7. The van der Waals surface area contributed by atoms with Crippen molar-refractivity contribution in [3.63, 3.8) is 0 Å². The van der Waals surface area contributed by atoms with Crippen LogP contribution in [0.15, 0.2) is 89.8 Å². The van der Waals surface area contributed by atoms with Crippen LogP contribution in [0.4, 0.5) is 5.69 Å². The maximum atomic E-state index is 13.0. The minimum atomic E-state index is -3.57. The second-order valence-electron chi connectivity index (χ2n) is 6.80. The highest BCUT2D eigenvalue weighted by Gasteiger charge is 2.22. The van der Waals surface area contributed by atoms with Crippen molar-refractivity contribution >= 4 is 27.5 Å². The van der Waals surface area contributed by atoms with Gasteiger partial charge in [-0.15, -0.1) is 0 Å². The van der Waals surface area contributed by atoms with E-state index >= 15 is 0 Å². The molecule has 0 bridgehead atoms. The molecule has 31 heavy (non-hydrogen) atoms. The zero-order valence-corrected chi connectivity index (χ0v) is 17.7. The van der Waals surface area contributed by atoms with E-state index in [1.807, 2.05) is 36.4 Å². The van der Waals surface area contributed by atoms with E-state index in [4.69, 9.17) is 0 Å². The summed E-state index contributed by atoms with van der Waals surface area (Å²) in [6, 6.07) is 23.0. The fourth-order valence-corrected chi connectivity index (χ4v) is 3.68. The van der Waals surface area contributed by atoms with E-state index in [9.17, 15) is 18.0 Å². The first kappa shape index (κ1) is 22.2. The van der Waals surface area contributed by atoms with Crippen molar-refractivity contribution in [2.75, 3.05) is 12.4 Å². The number of sulfonamides is 1. The maximum absolute atomic E-state index is 13.0. The summed E-state index contributed by atoms with van der Waals surface area (Å²) in [5.74, 6) is -0.760. The number of rotatable bonds is 8. The summed E-state index contributed by atoms with van der Waals surface area (Å²) in [5.41, 5.74) is 1.77. The second-order valence-corrected chi connectivity index (χ2v) is 8.69. The molecule has 0 saturated heterocycles. The lowest BCUT2D eigenvalue weighted by molar-refractivity contribution is -0.118. The quantitative estimate of drug-likeness (QED) is 0.504. The molecule has 3 N–H and O–H groups in total. The van der Waals surface area contributed by atoms with Crippen molar-refractivity contribution in [2.45, 2.75) is 17.4 Å². The van der Waals surface area contributed by atoms with Gasteiger partial charge in [-0.1, -0.05) is 48.5 Å². The van der Waals surface area contributed by atoms with Gasteiger partial charge in [-0.3, -0.25) is 9.59 Å². The van der Waals surface area contributed by atoms with Gasteiger partial charge >= 0.3 is 0 Å². The van der Waals surface area contributed by atoms with Crippen LogP contribution in [0.2, 0.25) is 0 Å². The molecule has 0 saturated carbocycles. The molecule has 3 rings (SSSR count). The van der Waals surface area contributed by atoms with Crippen molar-refractivity contribution in [1.29, 1.82) is 0 Å². The SMILES string of the molecule is CNS(=O)(=O)c1ccc(NC(=O)C(Cc2ccccc2)NC(=O)c2ccccc2)cc1. The number of hydrogen-bond acceptors (Lipinski definition) is 4. The summed E-state index contributed by atoms with van der Waals surface area (Å²) >= 11 is 0. The molecule has 0 aliphatic heterocycles. The Morgan fingerprint density at radius 2 is 1.42 bits per heavy atom. The van der Waals surface area contributed by atoms with Crippen molar-refractivity contribution in [2.24, 2.45) is 0 Å². The largest absolute Gasteiger partial charge is 0.340 e. The Hall–Kier alpha value is -3.49. The Balaban J connectivity index is 1.77. The third-order valence-electron chi connectivity index (χ3n) is 4.64. The lowest BCUT2D eigenvalue weighted by atomic mass is 10.0. The molecular weight excluding hydrogens is 414 g/mol. The highest BCUT2D eigenvalue weighted by molar-refractivity contribution is 7.89. The Labute approximate surface area is 181 Å². The zero-order valence-electron chi connectivity index (χ0n) is 16.9. The summed E-state index contributed by atoms with van der Waals surface area (Å²) in [6.45, 7) is 0. The van der Waals surface area contributed by atoms with E-state index in [1.165, 1.54) is 31.3 Å². The van der Waals surface area contributed by atoms with Gasteiger partial charge in [-0.2, -0.15) is 0 Å². The van der Waals surface area contributed by atoms with Crippen LogP contribution in [-0.2, 0) is 21.2 Å². The molecular formula is C23H23N3O4S. The third kappa shape index (κ3) is 6.00. The molecule has 160 valence electrons. The van der Waals surface area contributed by atoms with E-state index in [0.29, 0.717) is 17.7 Å². The second kappa shape index (κ2) is 10.0. The van der Waals surface area contributed by atoms with Crippen LogP contribution >= 0.6 is 0 Å². The normalized spacial score (nSPS) is 12.0. The van der Waals surface area contributed by atoms with Crippen molar-refractivity contribution in [3.05, 3.63) is 96.1 Å². The number of carbonyl (C=O) groups is 2. The van der Waals surface area contributed by atoms with E-state index in [2.05, 4.69) is 15.4 Å². The molecule has 0 aliphatic carbocycles. The van der Waals surface area contributed by atoms with Gasteiger partial charge in [0.25, 0.3) is 5.91 Å². The Bertz CT molecular complexity index is 1130. The molecule has 8 heteroatoms. The van der Waals surface area contributed by atoms with Gasteiger partial charge in [0.15, 0.2) is 0 Å². The zero-order chi connectivity index (χ0) is 22.3. The number of carbonyl (C=O) groups excluding carboxylic acids is 2. The van der Waals surface area contributed by atoms with Crippen LogP contribution in [0, 0.1) is 0 Å². The lowest BCUT2D eigenvalue weighted by Crippen LogP contribution is -2.45. The maximum Gasteiger partial charge on any atom is 0.251 e. The average Bonchev–Trinajstić information content (AvgIpc) is 2.80. The smallest absolute Gasteiger partial charge is 0.251 e. The van der Waals surface area contributed by atoms with Gasteiger partial charge in [0.1, 0.15) is 6.04 Å². The molecule has 3 aromatic carbocycles. The fourth-order valence-electron chi connectivity index (χ4n) is 2.95. The Morgan fingerprint density at radius 3 is 2.00 bits per heavy atom. The van der Waals surface area contributed by atoms with Gasteiger partial charge in [0.05, 0.1) is 4.90 Å². The fraction of sp³-hybridized carbons (Fsp3) is 0.130. The predicted octanol–water partition coefficient (Wildman–Crippen LogP) is 2.57. The molecule has 0 heterocycles. The van der Waals surface area contributed by atoms with E-state index < -0.39 is 22.0 Å². The molecule has 1 unspecified atom stereocenters. The molecule has 0 fully saturated rings. The standard InChI is InChI=1S/C23H23N3O4S/c1-24-31(29,30)20-14-12-19(13-15-20)25-23(28)21(16-17-8-4-2-5-9-17)26-22(27)18-10-6-3-7-11-18/h2-15,21,24H,16H2,1H3,(H,25,28)(H,26,27). The number of benzene rings is 3. The highest BCUT2D eigenvalue weighted by Crippen LogP contribution is 2.15. The van der Waals surface area contributed by atoms with Crippen LogP contribution in [0.3, 0.4) is 0 Å². The minimum absolute atomic E-state index is 0.0891. The topological polar surface area (TPSA) is 104 Å². The minimum Gasteiger partial charge on any atom is -0.340 e. The van der Waals surface area contributed by atoms with Crippen molar-refractivity contribution in [1.82, 2.24) is 10.0 Å². The van der Waals surface area contributed by atoms with Crippen molar-refractivity contribution in [3.8, 4) is 0 Å². The van der Waals surface area contributed by atoms with Gasteiger partial charge in [0, 0.05) is 17.7 Å². The first-order valence-corrected chi connectivity index (χ1v) is 11.1. The molecule has 3 aromatic rings. The van der Waals surface area contributed by atoms with Crippen LogP contribution in [0.25, 0.3) is 0 Å². The first-order chi connectivity index (χ1) is 14.9. The van der Waals surface area contributed by atoms with Crippen LogP contribution < -0.4 is 15.4 Å². The lowest BCUT2D eigenvalue weighted by Gasteiger charge is -2.19. The number of nitrogens with one attached hydrogen (secondary N) is 3. The summed E-state index contributed by atoms with van der Waals surface area (Å²) in [7, 11) is -2.24. The van der Waals surface area contributed by atoms with Crippen LogP contribution in [0.1, 0.15) is 15.9 Å². The third-order valence-corrected chi connectivity index (χ3v) is 6.07. The Kier molecular flexibility index (Phi) is 7.17. The molecule has 0 aromatic heterocycles. The first-order valence-electron chi connectivity index (χ1n) is 9.63. The van der Waals surface area contributed by atoms with Gasteiger partial charge in [-0.25, -0.2) is 13.1 Å². The molecule has 7 nitrogen and oxygen atoms in total. The average molecular weight is 438 g/mol. The molecule has 0 aliphatic rings. The van der Waals surface area contributed by atoms with Crippen molar-refractivity contribution < 1.29 is 18.0 Å². The van der Waals surface area contributed by atoms with Crippen LogP contribution in [-0.4, -0.2) is 33.3 Å². The summed E-state index contributed by atoms with van der Waals surface area (Å²) in [5, 5.41) is 5.54. The number of anilines is 1. The molecule has 2 amide bonds.